The molecular formula is C20H26N4O3S. The van der Waals surface area contributed by atoms with Gasteiger partial charge in [0.05, 0.1) is 30.2 Å². The van der Waals surface area contributed by atoms with Crippen molar-refractivity contribution in [2.45, 2.75) is 12.3 Å². The topological polar surface area (TPSA) is 59.7 Å². The Balaban J connectivity index is 1.62. The van der Waals surface area contributed by atoms with Gasteiger partial charge in [-0.25, -0.2) is 4.68 Å². The molecule has 1 aromatic carbocycles. The quantitative estimate of drug-likeness (QED) is 0.757. The van der Waals surface area contributed by atoms with E-state index in [0.29, 0.717) is 17.9 Å². The fraction of sp³-hybridized carbons (Fsp3) is 0.500. The van der Waals surface area contributed by atoms with Crippen molar-refractivity contribution in [1.29, 1.82) is 0 Å². The Morgan fingerprint density at radius 1 is 1.11 bits per heavy atom. The number of hydrogen-bond donors (Lipinski definition) is 0. The molecule has 2 aliphatic rings. The molecule has 4 rings (SSSR count). The van der Waals surface area contributed by atoms with Crippen LogP contribution in [0.25, 0.3) is 5.69 Å². The monoisotopic (exact) mass is 402 g/mol. The summed E-state index contributed by atoms with van der Waals surface area (Å²) < 4.78 is 8.97. The van der Waals surface area contributed by atoms with Crippen molar-refractivity contribution in [2.24, 2.45) is 7.05 Å². The van der Waals surface area contributed by atoms with Gasteiger partial charge in [0.2, 0.25) is 5.91 Å². The van der Waals surface area contributed by atoms with Crippen LogP contribution in [0.4, 0.5) is 0 Å². The molecule has 1 unspecified atom stereocenters. The molecule has 2 saturated heterocycles. The zero-order chi connectivity index (χ0) is 19.7. The second-order valence-electron chi connectivity index (χ2n) is 7.18. The van der Waals surface area contributed by atoms with E-state index in [9.17, 15) is 9.59 Å². The van der Waals surface area contributed by atoms with E-state index in [1.807, 2.05) is 53.9 Å². The van der Waals surface area contributed by atoms with Gasteiger partial charge in [0.15, 0.2) is 0 Å². The Kier molecular flexibility index (Phi) is 5.61. The van der Waals surface area contributed by atoms with Crippen LogP contribution in [0.5, 0.6) is 0 Å². The SMILES string of the molecule is Cc1c(C2SCC(=O)N2CCN2CCOCC2)c(=O)n(-c2ccccc2)n1C. The van der Waals surface area contributed by atoms with Gasteiger partial charge in [0.25, 0.3) is 5.56 Å². The first-order valence-electron chi connectivity index (χ1n) is 9.63. The second kappa shape index (κ2) is 8.14. The number of benzene rings is 1. The predicted molar refractivity (Wildman–Crippen MR) is 110 cm³/mol. The number of carbonyl (C=O) groups excluding carboxylic acids is 1. The fourth-order valence-corrected chi connectivity index (χ4v) is 5.19. The van der Waals surface area contributed by atoms with E-state index in [1.165, 1.54) is 0 Å². The molecule has 3 heterocycles. The van der Waals surface area contributed by atoms with E-state index in [0.717, 1.165) is 44.2 Å². The zero-order valence-corrected chi connectivity index (χ0v) is 17.2. The smallest absolute Gasteiger partial charge is 0.277 e. The van der Waals surface area contributed by atoms with E-state index in [-0.39, 0.29) is 16.8 Å². The summed E-state index contributed by atoms with van der Waals surface area (Å²) in [5, 5.41) is -0.225. The van der Waals surface area contributed by atoms with E-state index in [4.69, 9.17) is 4.74 Å². The highest BCUT2D eigenvalue weighted by Crippen LogP contribution is 2.38. The molecule has 0 spiro atoms. The van der Waals surface area contributed by atoms with E-state index >= 15 is 0 Å². The summed E-state index contributed by atoms with van der Waals surface area (Å²) in [7, 11) is 1.90. The number of para-hydroxylation sites is 1. The third kappa shape index (κ3) is 3.52. The van der Waals surface area contributed by atoms with Crippen LogP contribution in [-0.4, -0.2) is 70.2 Å². The van der Waals surface area contributed by atoms with Crippen molar-refractivity contribution in [3.63, 3.8) is 0 Å². The Bertz CT molecular complexity index is 902. The standard InChI is InChI=1S/C20H26N4O3S/c1-15-18(19(26)24(21(15)2)16-6-4-3-5-7-16)20-23(17(25)14-28-20)9-8-22-10-12-27-13-11-22/h3-7,20H,8-14H2,1-2H3. The van der Waals surface area contributed by atoms with Crippen LogP contribution in [0.15, 0.2) is 35.1 Å². The van der Waals surface area contributed by atoms with Gasteiger partial charge in [0.1, 0.15) is 5.37 Å². The molecule has 0 N–H and O–H groups in total. The number of amides is 1. The molecule has 150 valence electrons. The van der Waals surface area contributed by atoms with E-state index in [2.05, 4.69) is 4.90 Å². The fourth-order valence-electron chi connectivity index (χ4n) is 3.88. The first-order valence-corrected chi connectivity index (χ1v) is 10.7. The summed E-state index contributed by atoms with van der Waals surface area (Å²) in [5.74, 6) is 0.532. The lowest BCUT2D eigenvalue weighted by Gasteiger charge is -2.30. The molecule has 28 heavy (non-hydrogen) atoms. The molecule has 2 aromatic rings. The van der Waals surface area contributed by atoms with Crippen molar-refractivity contribution >= 4 is 17.7 Å². The number of ether oxygens (including phenoxy) is 1. The van der Waals surface area contributed by atoms with Crippen LogP contribution in [0, 0.1) is 6.92 Å². The molecule has 1 atom stereocenters. The first kappa shape index (κ1) is 19.3. The highest BCUT2D eigenvalue weighted by molar-refractivity contribution is 8.00. The summed E-state index contributed by atoms with van der Waals surface area (Å²) in [6.45, 7) is 6.67. The van der Waals surface area contributed by atoms with Gasteiger partial charge in [0, 0.05) is 38.9 Å². The molecule has 0 bridgehead atoms. The molecule has 1 aromatic heterocycles. The van der Waals surface area contributed by atoms with Gasteiger partial charge in [-0.05, 0) is 19.1 Å². The van der Waals surface area contributed by atoms with Crippen LogP contribution >= 0.6 is 11.8 Å². The Morgan fingerprint density at radius 2 is 1.82 bits per heavy atom. The van der Waals surface area contributed by atoms with Gasteiger partial charge in [-0.2, -0.15) is 0 Å². The summed E-state index contributed by atoms with van der Waals surface area (Å²) in [5.41, 5.74) is 2.40. The maximum atomic E-state index is 13.3. The van der Waals surface area contributed by atoms with Crippen molar-refractivity contribution < 1.29 is 9.53 Å². The summed E-state index contributed by atoms with van der Waals surface area (Å²) in [6.07, 6.45) is 0. The average Bonchev–Trinajstić information content (AvgIpc) is 3.18. The number of rotatable bonds is 5. The Hall–Kier alpha value is -2.03. The molecule has 8 heteroatoms. The van der Waals surface area contributed by atoms with Gasteiger partial charge >= 0.3 is 0 Å². The minimum absolute atomic E-state index is 0.0465. The second-order valence-corrected chi connectivity index (χ2v) is 8.25. The molecule has 1 amide bonds. The van der Waals surface area contributed by atoms with Crippen LogP contribution in [0.1, 0.15) is 16.6 Å². The number of thioether (sulfide) groups is 1. The third-order valence-electron chi connectivity index (χ3n) is 5.57. The molecule has 0 aliphatic carbocycles. The Morgan fingerprint density at radius 3 is 2.54 bits per heavy atom. The molecule has 2 aliphatic heterocycles. The number of hydrogen-bond acceptors (Lipinski definition) is 5. The van der Waals surface area contributed by atoms with Crippen LogP contribution in [0.3, 0.4) is 0 Å². The van der Waals surface area contributed by atoms with Crippen molar-refractivity contribution in [3.05, 3.63) is 51.9 Å². The summed E-state index contributed by atoms with van der Waals surface area (Å²) in [6, 6.07) is 9.63. The van der Waals surface area contributed by atoms with E-state index < -0.39 is 0 Å². The van der Waals surface area contributed by atoms with Gasteiger partial charge in [-0.15, -0.1) is 11.8 Å². The lowest BCUT2D eigenvalue weighted by atomic mass is 10.2. The highest BCUT2D eigenvalue weighted by atomic mass is 32.2. The minimum Gasteiger partial charge on any atom is -0.379 e. The normalized spacial score (nSPS) is 20.9. The largest absolute Gasteiger partial charge is 0.379 e. The lowest BCUT2D eigenvalue weighted by molar-refractivity contribution is -0.128. The van der Waals surface area contributed by atoms with Crippen LogP contribution < -0.4 is 5.56 Å². The zero-order valence-electron chi connectivity index (χ0n) is 16.3. The van der Waals surface area contributed by atoms with Crippen LogP contribution in [-0.2, 0) is 16.6 Å². The molecular weight excluding hydrogens is 376 g/mol. The minimum atomic E-state index is -0.225. The molecule has 0 radical (unpaired) electrons. The van der Waals surface area contributed by atoms with E-state index in [1.54, 1.807) is 16.4 Å². The van der Waals surface area contributed by atoms with Gasteiger partial charge < -0.3 is 9.64 Å². The highest BCUT2D eigenvalue weighted by Gasteiger charge is 2.37. The average molecular weight is 403 g/mol. The van der Waals surface area contributed by atoms with Crippen molar-refractivity contribution in [3.8, 4) is 5.69 Å². The van der Waals surface area contributed by atoms with Gasteiger partial charge in [-0.3, -0.25) is 19.2 Å². The third-order valence-corrected chi connectivity index (χ3v) is 6.79. The number of carbonyl (C=O) groups is 1. The summed E-state index contributed by atoms with van der Waals surface area (Å²) in [4.78, 5) is 30.1. The lowest BCUT2D eigenvalue weighted by Crippen LogP contribution is -2.42. The van der Waals surface area contributed by atoms with Crippen molar-refractivity contribution in [1.82, 2.24) is 19.2 Å². The maximum Gasteiger partial charge on any atom is 0.277 e. The first-order chi connectivity index (χ1) is 13.6. The van der Waals surface area contributed by atoms with Crippen molar-refractivity contribution in [2.75, 3.05) is 45.1 Å². The Labute approximate surface area is 168 Å². The summed E-state index contributed by atoms with van der Waals surface area (Å²) >= 11 is 1.55. The molecule has 2 fully saturated rings. The number of nitrogens with zero attached hydrogens (tertiary/aromatic N) is 4. The number of morpholine rings is 1. The molecule has 7 nitrogen and oxygen atoms in total. The maximum absolute atomic E-state index is 13.3. The predicted octanol–water partition coefficient (Wildman–Crippen LogP) is 1.39. The van der Waals surface area contributed by atoms with Gasteiger partial charge in [-0.1, -0.05) is 18.2 Å². The number of aromatic nitrogens is 2. The molecule has 0 saturated carbocycles. The van der Waals surface area contributed by atoms with Crippen LogP contribution in [0.2, 0.25) is 0 Å².